The number of halogens is 2. The first kappa shape index (κ1) is 16.7. The van der Waals surface area contributed by atoms with Gasteiger partial charge in [0.25, 0.3) is 0 Å². The second-order valence-corrected chi connectivity index (χ2v) is 5.62. The number of aliphatic hydroxyl groups excluding tert-OH is 1. The highest BCUT2D eigenvalue weighted by Gasteiger charge is 2.21. The monoisotopic (exact) mass is 328 g/mol. The van der Waals surface area contributed by atoms with Gasteiger partial charge in [-0.2, -0.15) is 0 Å². The Morgan fingerprint density at radius 1 is 1.50 bits per heavy atom. The van der Waals surface area contributed by atoms with Crippen molar-refractivity contribution in [2.45, 2.75) is 25.3 Å². The van der Waals surface area contributed by atoms with Crippen LogP contribution in [0.5, 0.6) is 0 Å². The van der Waals surface area contributed by atoms with E-state index in [0.29, 0.717) is 25.1 Å². The van der Waals surface area contributed by atoms with Crippen LogP contribution in [0.3, 0.4) is 0 Å². The fourth-order valence-corrected chi connectivity index (χ4v) is 2.52. The van der Waals surface area contributed by atoms with Crippen LogP contribution in [0.4, 0.5) is 4.39 Å². The predicted octanol–water partition coefficient (Wildman–Crippen LogP) is 1.64. The number of aliphatic hydroxyl groups is 1. The maximum atomic E-state index is 13.4. The minimum absolute atomic E-state index is 0.0145. The molecule has 2 amide bonds. The average molecular weight is 329 g/mol. The number of hydrogen-bond donors (Lipinski definition) is 2. The number of nitrogens with zero attached hydrogens (tertiary/aromatic N) is 1. The fraction of sp³-hybridized carbons (Fsp3) is 0.467. The molecule has 120 valence electrons. The van der Waals surface area contributed by atoms with Crippen molar-refractivity contribution in [3.05, 3.63) is 34.6 Å². The lowest BCUT2D eigenvalue weighted by molar-refractivity contribution is -0.128. The molecular formula is C15H18ClFN2O3. The number of hydrogen-bond acceptors (Lipinski definition) is 3. The number of amides is 2. The highest BCUT2D eigenvalue weighted by Crippen LogP contribution is 2.20. The van der Waals surface area contributed by atoms with Gasteiger partial charge in [0.2, 0.25) is 11.8 Å². The molecule has 0 aromatic heterocycles. The second kappa shape index (κ2) is 7.56. The zero-order chi connectivity index (χ0) is 16.1. The minimum Gasteiger partial charge on any atom is -0.394 e. The van der Waals surface area contributed by atoms with Crippen LogP contribution in [0, 0.1) is 5.82 Å². The summed E-state index contributed by atoms with van der Waals surface area (Å²) in [6.45, 7) is 0.686. The SMILES string of the molecule is O=C(CCN1CCCC1=O)NC(CO)c1ccc(Cl)c(F)c1. The van der Waals surface area contributed by atoms with Gasteiger partial charge in [0.05, 0.1) is 17.7 Å². The van der Waals surface area contributed by atoms with Crippen LogP contribution in [0.15, 0.2) is 18.2 Å². The maximum absolute atomic E-state index is 13.4. The van der Waals surface area contributed by atoms with Crippen molar-refractivity contribution in [3.63, 3.8) is 0 Å². The number of nitrogens with one attached hydrogen (secondary N) is 1. The molecule has 2 rings (SSSR count). The van der Waals surface area contributed by atoms with Crippen molar-refractivity contribution in [1.29, 1.82) is 0 Å². The molecule has 0 aliphatic carbocycles. The molecule has 1 aliphatic rings. The standard InChI is InChI=1S/C15H18ClFN2O3/c16-11-4-3-10(8-12(11)17)13(9-20)18-14(21)5-7-19-6-1-2-15(19)22/h3-4,8,13,20H,1-2,5-7,9H2,(H,18,21). The van der Waals surface area contributed by atoms with E-state index >= 15 is 0 Å². The highest BCUT2D eigenvalue weighted by atomic mass is 35.5. The molecule has 5 nitrogen and oxygen atoms in total. The molecule has 0 saturated carbocycles. The Hall–Kier alpha value is -1.66. The smallest absolute Gasteiger partial charge is 0.222 e. The molecule has 0 radical (unpaired) electrons. The van der Waals surface area contributed by atoms with Crippen LogP contribution >= 0.6 is 11.6 Å². The number of benzene rings is 1. The maximum Gasteiger partial charge on any atom is 0.222 e. The second-order valence-electron chi connectivity index (χ2n) is 5.21. The average Bonchev–Trinajstić information content (AvgIpc) is 2.91. The van der Waals surface area contributed by atoms with E-state index in [1.165, 1.54) is 12.1 Å². The van der Waals surface area contributed by atoms with Gasteiger partial charge in [0, 0.05) is 25.9 Å². The molecule has 1 atom stereocenters. The number of rotatable bonds is 6. The van der Waals surface area contributed by atoms with Crippen molar-refractivity contribution in [1.82, 2.24) is 10.2 Å². The van der Waals surface area contributed by atoms with E-state index in [0.717, 1.165) is 6.42 Å². The van der Waals surface area contributed by atoms with Gasteiger partial charge < -0.3 is 15.3 Å². The van der Waals surface area contributed by atoms with E-state index in [9.17, 15) is 19.1 Å². The normalized spacial score (nSPS) is 16.0. The quantitative estimate of drug-likeness (QED) is 0.834. The van der Waals surface area contributed by atoms with Crippen LogP contribution in [-0.4, -0.2) is 41.5 Å². The largest absolute Gasteiger partial charge is 0.394 e. The van der Waals surface area contributed by atoms with E-state index < -0.39 is 11.9 Å². The number of carbonyl (C=O) groups is 2. The predicted molar refractivity (Wildman–Crippen MR) is 79.8 cm³/mol. The first-order chi connectivity index (χ1) is 10.5. The Morgan fingerprint density at radius 2 is 2.27 bits per heavy atom. The molecule has 0 bridgehead atoms. The van der Waals surface area contributed by atoms with Crippen LogP contribution in [0.25, 0.3) is 0 Å². The Balaban J connectivity index is 1.90. The fourth-order valence-electron chi connectivity index (χ4n) is 2.41. The number of likely N-dealkylation sites (tertiary alicyclic amines) is 1. The minimum atomic E-state index is -0.700. The first-order valence-electron chi connectivity index (χ1n) is 7.14. The molecule has 7 heteroatoms. The Kier molecular flexibility index (Phi) is 5.74. The summed E-state index contributed by atoms with van der Waals surface area (Å²) in [4.78, 5) is 25.0. The molecule has 1 fully saturated rings. The molecule has 22 heavy (non-hydrogen) atoms. The zero-order valence-electron chi connectivity index (χ0n) is 12.0. The lowest BCUT2D eigenvalue weighted by Gasteiger charge is -2.19. The van der Waals surface area contributed by atoms with Gasteiger partial charge in [-0.15, -0.1) is 0 Å². The van der Waals surface area contributed by atoms with Crippen molar-refractivity contribution < 1.29 is 19.1 Å². The zero-order valence-corrected chi connectivity index (χ0v) is 12.8. The van der Waals surface area contributed by atoms with Crippen LogP contribution in [0.1, 0.15) is 30.9 Å². The van der Waals surface area contributed by atoms with Gasteiger partial charge in [-0.3, -0.25) is 9.59 Å². The summed E-state index contributed by atoms with van der Waals surface area (Å²) >= 11 is 5.61. The molecule has 1 aromatic rings. The van der Waals surface area contributed by atoms with E-state index in [-0.39, 0.29) is 29.9 Å². The van der Waals surface area contributed by atoms with Gasteiger partial charge >= 0.3 is 0 Å². The van der Waals surface area contributed by atoms with Gasteiger partial charge in [-0.25, -0.2) is 4.39 Å². The molecule has 1 aromatic carbocycles. The highest BCUT2D eigenvalue weighted by molar-refractivity contribution is 6.30. The topological polar surface area (TPSA) is 69.6 Å². The summed E-state index contributed by atoms with van der Waals surface area (Å²) in [6, 6.07) is 3.42. The first-order valence-corrected chi connectivity index (χ1v) is 7.52. The summed E-state index contributed by atoms with van der Waals surface area (Å²) < 4.78 is 13.4. The lowest BCUT2D eigenvalue weighted by atomic mass is 10.1. The molecule has 1 unspecified atom stereocenters. The third kappa shape index (κ3) is 4.18. The van der Waals surface area contributed by atoms with E-state index in [1.807, 2.05) is 0 Å². The summed E-state index contributed by atoms with van der Waals surface area (Å²) in [5.41, 5.74) is 0.440. The molecule has 2 N–H and O–H groups in total. The van der Waals surface area contributed by atoms with Crippen molar-refractivity contribution in [2.75, 3.05) is 19.7 Å². The summed E-state index contributed by atoms with van der Waals surface area (Å²) in [6.07, 6.45) is 1.51. The molecule has 1 heterocycles. The van der Waals surface area contributed by atoms with Crippen LogP contribution in [0.2, 0.25) is 5.02 Å². The van der Waals surface area contributed by atoms with Gasteiger partial charge in [-0.1, -0.05) is 17.7 Å². The van der Waals surface area contributed by atoms with Crippen molar-refractivity contribution >= 4 is 23.4 Å². The Bertz CT molecular complexity index is 568. The third-order valence-electron chi connectivity index (χ3n) is 3.64. The van der Waals surface area contributed by atoms with Crippen LogP contribution < -0.4 is 5.32 Å². The summed E-state index contributed by atoms with van der Waals surface area (Å²) in [7, 11) is 0. The third-order valence-corrected chi connectivity index (χ3v) is 3.95. The van der Waals surface area contributed by atoms with Gasteiger partial charge in [0.1, 0.15) is 5.82 Å². The van der Waals surface area contributed by atoms with Crippen LogP contribution in [-0.2, 0) is 9.59 Å². The van der Waals surface area contributed by atoms with E-state index in [1.54, 1.807) is 11.0 Å². The number of carbonyl (C=O) groups excluding carboxylic acids is 2. The summed E-state index contributed by atoms with van der Waals surface area (Å²) in [5, 5.41) is 12.0. The Labute approximate surface area is 133 Å². The van der Waals surface area contributed by atoms with Crippen molar-refractivity contribution in [3.8, 4) is 0 Å². The lowest BCUT2D eigenvalue weighted by Crippen LogP contribution is -2.34. The van der Waals surface area contributed by atoms with Gasteiger partial charge in [0.15, 0.2) is 0 Å². The Morgan fingerprint density at radius 3 is 2.86 bits per heavy atom. The van der Waals surface area contributed by atoms with Crippen molar-refractivity contribution in [2.24, 2.45) is 0 Å². The molecule has 0 spiro atoms. The molecular weight excluding hydrogens is 311 g/mol. The molecule has 1 saturated heterocycles. The van der Waals surface area contributed by atoms with Gasteiger partial charge in [-0.05, 0) is 24.1 Å². The molecule has 1 aliphatic heterocycles. The summed E-state index contributed by atoms with van der Waals surface area (Å²) in [5.74, 6) is -0.838. The van der Waals surface area contributed by atoms with E-state index in [2.05, 4.69) is 5.32 Å². The van der Waals surface area contributed by atoms with E-state index in [4.69, 9.17) is 11.6 Å².